The molecular weight excluding hydrogens is 410 g/mol. The molecule has 0 spiro atoms. The Morgan fingerprint density at radius 3 is 2.67 bits per heavy atom. The maximum absolute atomic E-state index is 12.5. The number of carbonyl (C=O) groups excluding carboxylic acids is 1. The number of amides is 1. The summed E-state index contributed by atoms with van der Waals surface area (Å²) in [4.78, 5) is 12.5. The summed E-state index contributed by atoms with van der Waals surface area (Å²) >= 11 is 3.28. The van der Waals surface area contributed by atoms with E-state index in [9.17, 15) is 13.6 Å². The summed E-state index contributed by atoms with van der Waals surface area (Å²) in [6, 6.07) is 4.68. The molecule has 1 aromatic rings. The Labute approximate surface area is 154 Å². The Kier molecular flexibility index (Phi) is 8.35. The van der Waals surface area contributed by atoms with Crippen LogP contribution in [0.1, 0.15) is 18.4 Å². The van der Waals surface area contributed by atoms with Crippen LogP contribution in [0.4, 0.5) is 8.78 Å². The van der Waals surface area contributed by atoms with Crippen molar-refractivity contribution in [2.75, 3.05) is 20.2 Å². The molecular formula is C15H20BrClF2N2O3. The number of carbonyl (C=O) groups is 1. The molecule has 0 unspecified atom stereocenters. The third-order valence-corrected chi connectivity index (χ3v) is 4.39. The number of benzene rings is 1. The summed E-state index contributed by atoms with van der Waals surface area (Å²) in [5.41, 5.74) is -0.408. The van der Waals surface area contributed by atoms with Gasteiger partial charge < -0.3 is 20.1 Å². The molecule has 0 aromatic heterocycles. The standard InChI is InChI=1S/C15H19BrF2N2O3.ClH/c1-22-15(4-6-19-7-5-15)13(21)20-9-10-8-11(16)2-3-12(10)23-14(17)18;/h2-3,8,14,19H,4-7,9H2,1H3,(H,20,21);1H. The summed E-state index contributed by atoms with van der Waals surface area (Å²) in [6.45, 7) is -1.45. The molecule has 1 aliphatic heterocycles. The number of alkyl halides is 2. The molecule has 0 bridgehead atoms. The van der Waals surface area contributed by atoms with Crippen molar-refractivity contribution in [3.63, 3.8) is 0 Å². The molecule has 2 rings (SSSR count). The SMILES string of the molecule is COC1(C(=O)NCc2cc(Br)ccc2OC(F)F)CCNCC1.Cl. The number of hydrogen-bond acceptors (Lipinski definition) is 4. The number of ether oxygens (including phenoxy) is 2. The number of piperidine rings is 1. The average molecular weight is 430 g/mol. The second-order valence-corrected chi connectivity index (χ2v) is 6.18. The van der Waals surface area contributed by atoms with Gasteiger partial charge in [0.1, 0.15) is 11.4 Å². The van der Waals surface area contributed by atoms with E-state index < -0.39 is 12.2 Å². The topological polar surface area (TPSA) is 59.6 Å². The Bertz CT molecular complexity index is 558. The van der Waals surface area contributed by atoms with Gasteiger partial charge in [-0.15, -0.1) is 12.4 Å². The van der Waals surface area contributed by atoms with E-state index in [1.54, 1.807) is 12.1 Å². The van der Waals surface area contributed by atoms with Gasteiger partial charge in [0.25, 0.3) is 5.91 Å². The first-order valence-corrected chi connectivity index (χ1v) is 8.03. The fraction of sp³-hybridized carbons (Fsp3) is 0.533. The molecule has 0 atom stereocenters. The third kappa shape index (κ3) is 5.27. The second kappa shape index (κ2) is 9.50. The first-order chi connectivity index (χ1) is 11.0. The summed E-state index contributed by atoms with van der Waals surface area (Å²) in [7, 11) is 1.51. The predicted molar refractivity (Wildman–Crippen MR) is 91.7 cm³/mol. The van der Waals surface area contributed by atoms with Gasteiger partial charge >= 0.3 is 6.61 Å². The van der Waals surface area contributed by atoms with Crippen LogP contribution in [0.3, 0.4) is 0 Å². The van der Waals surface area contributed by atoms with Crippen LogP contribution in [0, 0.1) is 0 Å². The van der Waals surface area contributed by atoms with E-state index in [-0.39, 0.29) is 30.6 Å². The lowest BCUT2D eigenvalue weighted by Crippen LogP contribution is -2.53. The second-order valence-electron chi connectivity index (χ2n) is 5.26. The van der Waals surface area contributed by atoms with Gasteiger partial charge in [-0.25, -0.2) is 0 Å². The van der Waals surface area contributed by atoms with E-state index in [0.29, 0.717) is 36.0 Å². The lowest BCUT2D eigenvalue weighted by molar-refractivity contribution is -0.146. The summed E-state index contributed by atoms with van der Waals surface area (Å²) in [5.74, 6) is -0.204. The van der Waals surface area contributed by atoms with Crippen molar-refractivity contribution in [3.8, 4) is 5.75 Å². The highest BCUT2D eigenvalue weighted by molar-refractivity contribution is 9.10. The Morgan fingerprint density at radius 1 is 1.42 bits per heavy atom. The fourth-order valence-electron chi connectivity index (χ4n) is 2.59. The van der Waals surface area contributed by atoms with Gasteiger partial charge in [0.15, 0.2) is 0 Å². The monoisotopic (exact) mass is 428 g/mol. The Morgan fingerprint density at radius 2 is 2.08 bits per heavy atom. The molecule has 0 aliphatic carbocycles. The zero-order valence-corrected chi connectivity index (χ0v) is 15.5. The number of methoxy groups -OCH3 is 1. The highest BCUT2D eigenvalue weighted by Gasteiger charge is 2.39. The van der Waals surface area contributed by atoms with Crippen LogP contribution in [-0.2, 0) is 16.1 Å². The molecule has 1 heterocycles. The van der Waals surface area contributed by atoms with E-state index in [1.165, 1.54) is 13.2 Å². The Hall–Kier alpha value is -0.960. The molecule has 136 valence electrons. The van der Waals surface area contributed by atoms with Crippen molar-refractivity contribution >= 4 is 34.2 Å². The molecule has 9 heteroatoms. The number of rotatable bonds is 6. The Balaban J connectivity index is 0.00000288. The lowest BCUT2D eigenvalue weighted by atomic mass is 9.91. The lowest BCUT2D eigenvalue weighted by Gasteiger charge is -2.34. The highest BCUT2D eigenvalue weighted by atomic mass is 79.9. The minimum atomic E-state index is -2.92. The largest absolute Gasteiger partial charge is 0.434 e. The van der Waals surface area contributed by atoms with Crippen LogP contribution in [0.25, 0.3) is 0 Å². The quantitative estimate of drug-likeness (QED) is 0.730. The number of nitrogens with one attached hydrogen (secondary N) is 2. The molecule has 5 nitrogen and oxygen atoms in total. The zero-order valence-electron chi connectivity index (χ0n) is 13.1. The van der Waals surface area contributed by atoms with Crippen molar-refractivity contribution in [1.82, 2.24) is 10.6 Å². The summed E-state index contributed by atoms with van der Waals surface area (Å²) < 4.78 is 35.5. The summed E-state index contributed by atoms with van der Waals surface area (Å²) in [6.07, 6.45) is 1.13. The van der Waals surface area contributed by atoms with Gasteiger partial charge in [0.05, 0.1) is 0 Å². The maximum Gasteiger partial charge on any atom is 0.387 e. The third-order valence-electron chi connectivity index (χ3n) is 3.89. The van der Waals surface area contributed by atoms with Crippen molar-refractivity contribution in [2.45, 2.75) is 31.6 Å². The van der Waals surface area contributed by atoms with Crippen LogP contribution >= 0.6 is 28.3 Å². The zero-order chi connectivity index (χ0) is 16.9. The van der Waals surface area contributed by atoms with Crippen LogP contribution in [0.5, 0.6) is 5.75 Å². The summed E-state index contributed by atoms with van der Waals surface area (Å²) in [5, 5.41) is 5.93. The number of halogens is 4. The van der Waals surface area contributed by atoms with Gasteiger partial charge in [0, 0.05) is 23.7 Å². The van der Waals surface area contributed by atoms with E-state index in [0.717, 1.165) is 0 Å². The fourth-order valence-corrected chi connectivity index (χ4v) is 3.00. The predicted octanol–water partition coefficient (Wildman–Crippen LogP) is 2.86. The molecule has 1 saturated heterocycles. The molecule has 1 amide bonds. The molecule has 1 aliphatic rings. The van der Waals surface area contributed by atoms with E-state index in [1.807, 2.05) is 0 Å². The first kappa shape index (κ1) is 21.1. The van der Waals surface area contributed by atoms with Gasteiger partial charge in [-0.3, -0.25) is 4.79 Å². The minimum Gasteiger partial charge on any atom is -0.434 e. The maximum atomic E-state index is 12.5. The molecule has 0 radical (unpaired) electrons. The van der Waals surface area contributed by atoms with E-state index in [4.69, 9.17) is 4.74 Å². The van der Waals surface area contributed by atoms with Crippen LogP contribution in [0.2, 0.25) is 0 Å². The molecule has 24 heavy (non-hydrogen) atoms. The van der Waals surface area contributed by atoms with E-state index in [2.05, 4.69) is 31.3 Å². The number of hydrogen-bond donors (Lipinski definition) is 2. The highest BCUT2D eigenvalue weighted by Crippen LogP contribution is 2.26. The first-order valence-electron chi connectivity index (χ1n) is 7.24. The molecule has 1 aromatic carbocycles. The average Bonchev–Trinajstić information content (AvgIpc) is 2.55. The van der Waals surface area contributed by atoms with Gasteiger partial charge in [-0.2, -0.15) is 8.78 Å². The molecule has 1 fully saturated rings. The molecule has 0 saturated carbocycles. The van der Waals surface area contributed by atoms with Crippen molar-refractivity contribution in [2.24, 2.45) is 0 Å². The van der Waals surface area contributed by atoms with Gasteiger partial charge in [-0.1, -0.05) is 15.9 Å². The smallest absolute Gasteiger partial charge is 0.387 e. The van der Waals surface area contributed by atoms with Crippen molar-refractivity contribution < 1.29 is 23.0 Å². The van der Waals surface area contributed by atoms with Crippen LogP contribution < -0.4 is 15.4 Å². The van der Waals surface area contributed by atoms with Gasteiger partial charge in [-0.05, 0) is 44.1 Å². The normalized spacial score (nSPS) is 16.4. The van der Waals surface area contributed by atoms with Gasteiger partial charge in [0.2, 0.25) is 0 Å². The van der Waals surface area contributed by atoms with E-state index >= 15 is 0 Å². The van der Waals surface area contributed by atoms with Crippen LogP contribution in [0.15, 0.2) is 22.7 Å². The minimum absolute atomic E-state index is 0. The molecule has 2 N–H and O–H groups in total. The van der Waals surface area contributed by atoms with Crippen LogP contribution in [-0.4, -0.2) is 38.3 Å². The van der Waals surface area contributed by atoms with Crippen molar-refractivity contribution in [3.05, 3.63) is 28.2 Å². The van der Waals surface area contributed by atoms with Crippen molar-refractivity contribution in [1.29, 1.82) is 0 Å².